The summed E-state index contributed by atoms with van der Waals surface area (Å²) in [6.45, 7) is 2.22. The zero-order valence-corrected chi connectivity index (χ0v) is 17.1. The minimum absolute atomic E-state index is 0.0620. The molecule has 1 atom stereocenters. The van der Waals surface area contributed by atoms with E-state index in [0.29, 0.717) is 34.2 Å². The molecule has 8 heteroatoms. The molecule has 0 unspecified atom stereocenters. The Bertz CT molecular complexity index is 954. The van der Waals surface area contributed by atoms with E-state index in [1.807, 2.05) is 12.1 Å². The molecule has 2 heterocycles. The van der Waals surface area contributed by atoms with E-state index in [1.54, 1.807) is 23.9 Å². The lowest BCUT2D eigenvalue weighted by Gasteiger charge is -2.16. The molecule has 0 saturated carbocycles. The van der Waals surface area contributed by atoms with Crippen LogP contribution >= 0.6 is 23.1 Å². The summed E-state index contributed by atoms with van der Waals surface area (Å²) in [7, 11) is 0. The van der Waals surface area contributed by atoms with Crippen LogP contribution in [0, 0.1) is 5.92 Å². The Labute approximate surface area is 171 Å². The van der Waals surface area contributed by atoms with E-state index in [-0.39, 0.29) is 11.8 Å². The Balaban J connectivity index is 1.40. The lowest BCUT2D eigenvalue weighted by molar-refractivity contribution is -0.115. The van der Waals surface area contributed by atoms with Crippen LogP contribution in [0.25, 0.3) is 0 Å². The fourth-order valence-corrected chi connectivity index (χ4v) is 5.47. The smallest absolute Gasteiger partial charge is 0.279 e. The number of amides is 3. The number of hydrogen-bond donors (Lipinski definition) is 3. The maximum atomic E-state index is 12.4. The summed E-state index contributed by atoms with van der Waals surface area (Å²) >= 11 is 3.08. The second kappa shape index (κ2) is 7.97. The van der Waals surface area contributed by atoms with Crippen LogP contribution in [0.5, 0.6) is 0 Å². The molecule has 0 bridgehead atoms. The first-order chi connectivity index (χ1) is 13.5. The van der Waals surface area contributed by atoms with Crippen LogP contribution in [-0.2, 0) is 17.6 Å². The van der Waals surface area contributed by atoms with Gasteiger partial charge in [0, 0.05) is 27.5 Å². The van der Waals surface area contributed by atoms with Gasteiger partial charge in [0.05, 0.1) is 10.6 Å². The van der Waals surface area contributed by atoms with Gasteiger partial charge < -0.3 is 5.32 Å². The summed E-state index contributed by atoms with van der Waals surface area (Å²) in [6.07, 6.45) is 3.61. The van der Waals surface area contributed by atoms with Crippen molar-refractivity contribution in [2.45, 2.75) is 37.5 Å². The summed E-state index contributed by atoms with van der Waals surface area (Å²) in [4.78, 5) is 39.4. The lowest BCUT2D eigenvalue weighted by Crippen LogP contribution is -2.41. The number of benzene rings is 1. The molecule has 2 aromatic rings. The van der Waals surface area contributed by atoms with Crippen molar-refractivity contribution in [3.63, 3.8) is 0 Å². The van der Waals surface area contributed by atoms with Gasteiger partial charge in [0.1, 0.15) is 0 Å². The van der Waals surface area contributed by atoms with Gasteiger partial charge in [0.25, 0.3) is 11.8 Å². The van der Waals surface area contributed by atoms with Gasteiger partial charge in [-0.1, -0.05) is 6.92 Å². The molecule has 3 N–H and O–H groups in total. The van der Waals surface area contributed by atoms with Crippen LogP contribution in [0.15, 0.2) is 29.2 Å². The van der Waals surface area contributed by atoms with E-state index < -0.39 is 5.91 Å². The third-order valence-electron chi connectivity index (χ3n) is 4.95. The number of hydrogen-bond acceptors (Lipinski definition) is 5. The second-order valence-corrected chi connectivity index (χ2v) is 9.45. The SMILES string of the molecule is C[C@H]1CCc2sc(C(=O)NNC(=O)c3ccc4c(c3)NC(=O)CCS4)cc2C1. The summed E-state index contributed by atoms with van der Waals surface area (Å²) < 4.78 is 0. The van der Waals surface area contributed by atoms with Gasteiger partial charge in [0.15, 0.2) is 0 Å². The molecule has 0 spiro atoms. The Kier molecular flexibility index (Phi) is 5.41. The fraction of sp³-hybridized carbons (Fsp3) is 0.350. The van der Waals surface area contributed by atoms with E-state index in [1.165, 1.54) is 21.8 Å². The molecule has 1 aromatic heterocycles. The van der Waals surface area contributed by atoms with Crippen LogP contribution in [0.1, 0.15) is 50.2 Å². The Morgan fingerprint density at radius 3 is 2.82 bits per heavy atom. The number of aryl methyl sites for hydroxylation is 1. The predicted molar refractivity (Wildman–Crippen MR) is 111 cm³/mol. The number of fused-ring (bicyclic) bond motifs is 2. The third kappa shape index (κ3) is 4.07. The Hall–Kier alpha value is -2.32. The number of thioether (sulfide) groups is 1. The van der Waals surface area contributed by atoms with Gasteiger partial charge >= 0.3 is 0 Å². The highest BCUT2D eigenvalue weighted by atomic mass is 32.2. The number of nitrogens with one attached hydrogen (secondary N) is 3. The average molecular weight is 416 g/mol. The topological polar surface area (TPSA) is 87.3 Å². The lowest BCUT2D eigenvalue weighted by atomic mass is 9.90. The summed E-state index contributed by atoms with van der Waals surface area (Å²) in [5.41, 5.74) is 7.22. The maximum Gasteiger partial charge on any atom is 0.279 e. The minimum atomic E-state index is -0.422. The molecule has 4 rings (SSSR count). The summed E-state index contributed by atoms with van der Waals surface area (Å²) in [6, 6.07) is 7.08. The average Bonchev–Trinajstić information content (AvgIpc) is 3.00. The maximum absolute atomic E-state index is 12.4. The molecule has 2 aliphatic rings. The molecule has 0 radical (unpaired) electrons. The van der Waals surface area contributed by atoms with Crippen molar-refractivity contribution in [3.8, 4) is 0 Å². The van der Waals surface area contributed by atoms with Crippen molar-refractivity contribution >= 4 is 46.5 Å². The van der Waals surface area contributed by atoms with Crippen LogP contribution in [-0.4, -0.2) is 23.5 Å². The molecule has 3 amide bonds. The first-order valence-electron chi connectivity index (χ1n) is 9.28. The predicted octanol–water partition coefficient (Wildman–Crippen LogP) is 3.38. The molecule has 1 aromatic carbocycles. The van der Waals surface area contributed by atoms with Crippen molar-refractivity contribution in [1.82, 2.24) is 10.9 Å². The van der Waals surface area contributed by atoms with E-state index in [2.05, 4.69) is 23.1 Å². The zero-order chi connectivity index (χ0) is 19.7. The fourth-order valence-electron chi connectivity index (χ4n) is 3.43. The van der Waals surface area contributed by atoms with Crippen LogP contribution < -0.4 is 16.2 Å². The first kappa shape index (κ1) is 19.0. The number of carbonyl (C=O) groups is 3. The highest BCUT2D eigenvalue weighted by Crippen LogP contribution is 2.32. The Morgan fingerprint density at radius 2 is 1.96 bits per heavy atom. The summed E-state index contributed by atoms with van der Waals surface area (Å²) in [5.74, 6) is 0.565. The molecular formula is C20H21N3O3S2. The van der Waals surface area contributed by atoms with Crippen molar-refractivity contribution < 1.29 is 14.4 Å². The van der Waals surface area contributed by atoms with Gasteiger partial charge in [-0.2, -0.15) is 0 Å². The second-order valence-electron chi connectivity index (χ2n) is 7.17. The molecular weight excluding hydrogens is 394 g/mol. The number of hydrazine groups is 1. The largest absolute Gasteiger partial charge is 0.325 e. The van der Waals surface area contributed by atoms with Crippen LogP contribution in [0.3, 0.4) is 0 Å². The number of rotatable bonds is 2. The van der Waals surface area contributed by atoms with Gasteiger partial charge in [0.2, 0.25) is 5.91 Å². The minimum Gasteiger partial charge on any atom is -0.325 e. The molecule has 1 aliphatic carbocycles. The highest BCUT2D eigenvalue weighted by Gasteiger charge is 2.21. The van der Waals surface area contributed by atoms with Gasteiger partial charge in [-0.25, -0.2) is 0 Å². The molecule has 6 nitrogen and oxygen atoms in total. The molecule has 0 fully saturated rings. The standard InChI is InChI=1S/C20H21N3O3S2/c1-11-2-4-15-13(8-11)10-17(28-15)20(26)23-22-19(25)12-3-5-16-14(9-12)21-18(24)6-7-27-16/h3,5,9-11H,2,4,6-8H2,1H3,(H,21,24)(H,22,25)(H,23,26)/t11-/m0/s1. The van der Waals surface area contributed by atoms with Crippen molar-refractivity contribution in [1.29, 1.82) is 0 Å². The molecule has 0 saturated heterocycles. The van der Waals surface area contributed by atoms with Crippen molar-refractivity contribution in [2.75, 3.05) is 11.1 Å². The van der Waals surface area contributed by atoms with E-state index >= 15 is 0 Å². The highest BCUT2D eigenvalue weighted by molar-refractivity contribution is 7.99. The van der Waals surface area contributed by atoms with Gasteiger partial charge in [-0.15, -0.1) is 23.1 Å². The quantitative estimate of drug-likeness (QED) is 0.656. The van der Waals surface area contributed by atoms with Gasteiger partial charge in [-0.3, -0.25) is 25.2 Å². The summed E-state index contributed by atoms with van der Waals surface area (Å²) in [5, 5.41) is 2.81. The number of carbonyl (C=O) groups excluding carboxylic acids is 3. The van der Waals surface area contributed by atoms with E-state index in [0.717, 1.165) is 24.2 Å². The molecule has 1 aliphatic heterocycles. The van der Waals surface area contributed by atoms with Crippen molar-refractivity contribution in [2.24, 2.45) is 5.92 Å². The first-order valence-corrected chi connectivity index (χ1v) is 11.1. The molecule has 146 valence electrons. The van der Waals surface area contributed by atoms with Crippen LogP contribution in [0.2, 0.25) is 0 Å². The van der Waals surface area contributed by atoms with E-state index in [9.17, 15) is 14.4 Å². The monoisotopic (exact) mass is 415 g/mol. The third-order valence-corrected chi connectivity index (χ3v) is 7.26. The molecule has 28 heavy (non-hydrogen) atoms. The number of thiophene rings is 1. The van der Waals surface area contributed by atoms with Gasteiger partial charge in [-0.05, 0) is 55.0 Å². The van der Waals surface area contributed by atoms with Crippen molar-refractivity contribution in [3.05, 3.63) is 45.1 Å². The van der Waals surface area contributed by atoms with E-state index in [4.69, 9.17) is 0 Å². The Morgan fingerprint density at radius 1 is 1.14 bits per heavy atom. The van der Waals surface area contributed by atoms with Crippen LogP contribution in [0.4, 0.5) is 5.69 Å². The zero-order valence-electron chi connectivity index (χ0n) is 15.5. The number of anilines is 1. The normalized spacial score (nSPS) is 18.3.